The fourth-order valence-electron chi connectivity index (χ4n) is 2.70. The third kappa shape index (κ3) is 6.56. The third-order valence-corrected chi connectivity index (χ3v) is 3.97. The Bertz CT molecular complexity index is 671. The second kappa shape index (κ2) is 8.85. The van der Waals surface area contributed by atoms with Crippen molar-refractivity contribution in [3.63, 3.8) is 0 Å². The highest BCUT2D eigenvalue weighted by atomic mass is 16.6. The number of ether oxygens (including phenoxy) is 2. The number of piperazine rings is 1. The van der Waals surface area contributed by atoms with Crippen LogP contribution < -0.4 is 0 Å². The van der Waals surface area contributed by atoms with Crippen molar-refractivity contribution >= 4 is 18.0 Å². The lowest BCUT2D eigenvalue weighted by Gasteiger charge is -2.39. The summed E-state index contributed by atoms with van der Waals surface area (Å²) in [6.07, 6.45) is -0.666. The van der Waals surface area contributed by atoms with Crippen molar-refractivity contribution in [3.8, 4) is 0 Å². The van der Waals surface area contributed by atoms with Crippen LogP contribution >= 0.6 is 0 Å². The van der Waals surface area contributed by atoms with Crippen LogP contribution in [-0.4, -0.2) is 70.8 Å². The van der Waals surface area contributed by atoms with Gasteiger partial charge in [0.15, 0.2) is 0 Å². The number of carboxylic acids is 1. The second-order valence-corrected chi connectivity index (χ2v) is 7.41. The molecule has 1 atom stereocenters. The molecule has 8 nitrogen and oxygen atoms in total. The first-order chi connectivity index (χ1) is 12.7. The van der Waals surface area contributed by atoms with E-state index in [-0.39, 0.29) is 26.2 Å². The van der Waals surface area contributed by atoms with Crippen molar-refractivity contribution in [1.82, 2.24) is 9.80 Å². The number of rotatable bonds is 5. The van der Waals surface area contributed by atoms with E-state index in [1.807, 2.05) is 30.3 Å². The van der Waals surface area contributed by atoms with Crippen molar-refractivity contribution in [2.24, 2.45) is 0 Å². The van der Waals surface area contributed by atoms with E-state index in [0.29, 0.717) is 6.54 Å². The Morgan fingerprint density at radius 3 is 2.41 bits per heavy atom. The lowest BCUT2D eigenvalue weighted by molar-refractivity contribution is -0.151. The first-order valence-electron chi connectivity index (χ1n) is 8.80. The van der Waals surface area contributed by atoms with Crippen LogP contribution in [0.3, 0.4) is 0 Å². The lowest BCUT2D eigenvalue weighted by atomic mass is 10.1. The molecule has 0 aliphatic carbocycles. The van der Waals surface area contributed by atoms with Crippen molar-refractivity contribution < 1.29 is 29.0 Å². The fraction of sp³-hybridized carbons (Fsp3) is 0.526. The molecule has 0 radical (unpaired) electrons. The largest absolute Gasteiger partial charge is 0.480 e. The molecule has 27 heavy (non-hydrogen) atoms. The maximum atomic E-state index is 12.2. The van der Waals surface area contributed by atoms with Gasteiger partial charge in [-0.2, -0.15) is 0 Å². The summed E-state index contributed by atoms with van der Waals surface area (Å²) in [6.45, 7) is 5.87. The number of hydrogen-bond donors (Lipinski definition) is 1. The first-order valence-corrected chi connectivity index (χ1v) is 8.80. The maximum absolute atomic E-state index is 12.2. The van der Waals surface area contributed by atoms with Gasteiger partial charge in [-0.05, 0) is 26.3 Å². The van der Waals surface area contributed by atoms with Crippen molar-refractivity contribution in [2.45, 2.75) is 39.0 Å². The Morgan fingerprint density at radius 1 is 1.15 bits per heavy atom. The van der Waals surface area contributed by atoms with Crippen LogP contribution in [0.4, 0.5) is 4.79 Å². The van der Waals surface area contributed by atoms with E-state index >= 15 is 0 Å². The van der Waals surface area contributed by atoms with Gasteiger partial charge in [0.2, 0.25) is 0 Å². The molecule has 1 aromatic rings. The molecule has 1 N–H and O–H groups in total. The average molecular weight is 378 g/mol. The quantitative estimate of drug-likeness (QED) is 0.780. The number of carboxylic acid groups (broad SMARTS) is 1. The molecular formula is C19H26N2O6. The normalized spacial score (nSPS) is 18.0. The van der Waals surface area contributed by atoms with Crippen LogP contribution in [0.5, 0.6) is 0 Å². The summed E-state index contributed by atoms with van der Waals surface area (Å²) >= 11 is 0. The van der Waals surface area contributed by atoms with Gasteiger partial charge in [0, 0.05) is 19.6 Å². The monoisotopic (exact) mass is 378 g/mol. The fourth-order valence-corrected chi connectivity index (χ4v) is 2.70. The van der Waals surface area contributed by atoms with Crippen molar-refractivity contribution in [2.75, 3.05) is 26.2 Å². The van der Waals surface area contributed by atoms with Gasteiger partial charge in [0.25, 0.3) is 0 Å². The van der Waals surface area contributed by atoms with Gasteiger partial charge in [0.05, 0.1) is 6.54 Å². The zero-order valence-corrected chi connectivity index (χ0v) is 15.9. The number of carbonyl (C=O) groups excluding carboxylic acids is 2. The zero-order valence-electron chi connectivity index (χ0n) is 15.9. The van der Waals surface area contributed by atoms with Gasteiger partial charge in [-0.15, -0.1) is 0 Å². The summed E-state index contributed by atoms with van der Waals surface area (Å²) in [7, 11) is 0. The molecule has 1 saturated heterocycles. The predicted octanol–water partition coefficient (Wildman–Crippen LogP) is 1.74. The molecule has 2 rings (SSSR count). The van der Waals surface area contributed by atoms with E-state index in [4.69, 9.17) is 9.47 Å². The molecule has 0 saturated carbocycles. The number of benzene rings is 1. The van der Waals surface area contributed by atoms with Gasteiger partial charge in [-0.1, -0.05) is 30.3 Å². The van der Waals surface area contributed by atoms with Gasteiger partial charge >= 0.3 is 18.0 Å². The summed E-state index contributed by atoms with van der Waals surface area (Å²) < 4.78 is 10.5. The van der Waals surface area contributed by atoms with Crippen LogP contribution in [-0.2, 0) is 25.7 Å². The molecule has 0 aromatic heterocycles. The molecule has 1 aliphatic rings. The number of hydrogen-bond acceptors (Lipinski definition) is 6. The Balaban J connectivity index is 1.89. The summed E-state index contributed by atoms with van der Waals surface area (Å²) in [6, 6.07) is 8.23. The van der Waals surface area contributed by atoms with E-state index < -0.39 is 29.7 Å². The maximum Gasteiger partial charge on any atom is 0.411 e. The van der Waals surface area contributed by atoms with Crippen LogP contribution in [0.1, 0.15) is 26.3 Å². The highest BCUT2D eigenvalue weighted by molar-refractivity contribution is 5.81. The van der Waals surface area contributed by atoms with Crippen LogP contribution in [0.2, 0.25) is 0 Å². The molecular weight excluding hydrogens is 352 g/mol. The average Bonchev–Trinajstić information content (AvgIpc) is 2.59. The van der Waals surface area contributed by atoms with E-state index in [0.717, 1.165) is 5.56 Å². The highest BCUT2D eigenvalue weighted by Crippen LogP contribution is 2.16. The van der Waals surface area contributed by atoms with E-state index in [9.17, 15) is 19.5 Å². The lowest BCUT2D eigenvalue weighted by Crippen LogP contribution is -2.59. The number of esters is 1. The van der Waals surface area contributed by atoms with E-state index in [2.05, 4.69) is 0 Å². The number of amides is 1. The Kier molecular flexibility index (Phi) is 6.79. The third-order valence-electron chi connectivity index (χ3n) is 3.97. The Labute approximate surface area is 158 Å². The van der Waals surface area contributed by atoms with Crippen LogP contribution in [0.15, 0.2) is 30.3 Å². The van der Waals surface area contributed by atoms with Gasteiger partial charge in [0.1, 0.15) is 18.2 Å². The number of aliphatic carboxylic acids is 1. The summed E-state index contributed by atoms with van der Waals surface area (Å²) in [5.74, 6) is -1.57. The summed E-state index contributed by atoms with van der Waals surface area (Å²) in [4.78, 5) is 38.7. The molecule has 1 aromatic carbocycles. The predicted molar refractivity (Wildman–Crippen MR) is 97.0 cm³/mol. The topological polar surface area (TPSA) is 96.4 Å². The van der Waals surface area contributed by atoms with Gasteiger partial charge in [-0.3, -0.25) is 14.6 Å². The standard InChI is InChI=1S/C19H26N2O6/c1-19(2,3)27-18(25)21-10-9-20(11-15(21)17(23)24)12-16(22)26-13-14-7-5-4-6-8-14/h4-8,15H,9-13H2,1-3H3,(H,23,24). The van der Waals surface area contributed by atoms with Crippen LogP contribution in [0.25, 0.3) is 0 Å². The molecule has 1 unspecified atom stereocenters. The molecule has 1 fully saturated rings. The Morgan fingerprint density at radius 2 is 1.81 bits per heavy atom. The molecule has 8 heteroatoms. The molecule has 1 amide bonds. The van der Waals surface area contributed by atoms with Crippen molar-refractivity contribution in [3.05, 3.63) is 35.9 Å². The minimum atomic E-state index is -1.14. The molecule has 1 heterocycles. The Hall–Kier alpha value is -2.61. The smallest absolute Gasteiger partial charge is 0.411 e. The minimum absolute atomic E-state index is 0.0290. The van der Waals surface area contributed by atoms with Crippen LogP contribution in [0, 0.1) is 0 Å². The second-order valence-electron chi connectivity index (χ2n) is 7.41. The number of carbonyl (C=O) groups is 3. The zero-order chi connectivity index (χ0) is 20.0. The number of nitrogens with zero attached hydrogens (tertiary/aromatic N) is 2. The van der Waals surface area contributed by atoms with E-state index in [1.165, 1.54) is 4.90 Å². The highest BCUT2D eigenvalue weighted by Gasteiger charge is 2.38. The summed E-state index contributed by atoms with van der Waals surface area (Å²) in [5, 5.41) is 9.47. The SMILES string of the molecule is CC(C)(C)OC(=O)N1CCN(CC(=O)OCc2ccccc2)CC1C(=O)O. The molecule has 148 valence electrons. The first kappa shape index (κ1) is 20.7. The summed E-state index contributed by atoms with van der Waals surface area (Å²) in [5.41, 5.74) is 0.169. The molecule has 1 aliphatic heterocycles. The van der Waals surface area contributed by atoms with Gasteiger partial charge < -0.3 is 14.6 Å². The minimum Gasteiger partial charge on any atom is -0.480 e. The van der Waals surface area contributed by atoms with E-state index in [1.54, 1.807) is 25.7 Å². The van der Waals surface area contributed by atoms with Gasteiger partial charge in [-0.25, -0.2) is 9.59 Å². The van der Waals surface area contributed by atoms with Crippen molar-refractivity contribution in [1.29, 1.82) is 0 Å². The molecule has 0 bridgehead atoms. The molecule has 0 spiro atoms.